The lowest BCUT2D eigenvalue weighted by atomic mass is 9.78. The number of non-ortho nitro benzene ring substituents is 1. The second-order valence-electron chi connectivity index (χ2n) is 6.06. The van der Waals surface area contributed by atoms with Gasteiger partial charge in [0.2, 0.25) is 0 Å². The van der Waals surface area contributed by atoms with Crippen molar-refractivity contribution >= 4 is 11.4 Å². The molecule has 0 amide bonds. The Morgan fingerprint density at radius 3 is 2.52 bits per heavy atom. The number of nitro groups is 1. The number of rotatable bonds is 6. The molecule has 116 valence electrons. The predicted octanol–water partition coefficient (Wildman–Crippen LogP) is 4.53. The Morgan fingerprint density at radius 1 is 1.33 bits per heavy atom. The first kappa shape index (κ1) is 15.7. The summed E-state index contributed by atoms with van der Waals surface area (Å²) in [6.07, 6.45) is 5.66. The molecule has 2 rings (SSSR count). The van der Waals surface area contributed by atoms with E-state index in [1.54, 1.807) is 6.07 Å². The average Bonchev–Trinajstić information content (AvgIpc) is 2.83. The topological polar surface area (TPSA) is 46.4 Å². The number of benzene rings is 1. The van der Waals surface area contributed by atoms with Crippen molar-refractivity contribution in [2.24, 2.45) is 5.41 Å². The highest BCUT2D eigenvalue weighted by atomic mass is 19.1. The van der Waals surface area contributed by atoms with Crippen LogP contribution in [0, 0.1) is 21.3 Å². The van der Waals surface area contributed by atoms with E-state index in [9.17, 15) is 14.5 Å². The molecule has 21 heavy (non-hydrogen) atoms. The zero-order valence-electron chi connectivity index (χ0n) is 12.8. The van der Waals surface area contributed by atoms with Gasteiger partial charge >= 0.3 is 0 Å². The molecule has 1 heterocycles. The van der Waals surface area contributed by atoms with Gasteiger partial charge in [0, 0.05) is 19.2 Å². The lowest BCUT2D eigenvalue weighted by Crippen LogP contribution is -2.27. The van der Waals surface area contributed by atoms with Crippen LogP contribution in [0.1, 0.15) is 46.0 Å². The summed E-state index contributed by atoms with van der Waals surface area (Å²) < 4.78 is 14.1. The molecule has 0 bridgehead atoms. The van der Waals surface area contributed by atoms with Crippen LogP contribution in [0.25, 0.3) is 0 Å². The summed E-state index contributed by atoms with van der Waals surface area (Å²) in [6, 6.07) is 3.95. The number of halogens is 1. The van der Waals surface area contributed by atoms with Crippen molar-refractivity contribution in [3.8, 4) is 0 Å². The molecule has 1 fully saturated rings. The molecule has 1 aliphatic rings. The molecule has 5 heteroatoms. The minimum Gasteiger partial charge on any atom is -0.369 e. The standard InChI is InChI=1S/C16H23FN2O2/c1-3-7-16(8-4-2)9-10-18(12-16)15-6-5-13(19(20)21)11-14(15)17/h5-6,11H,3-4,7-10,12H2,1-2H3. The Hall–Kier alpha value is -1.65. The van der Waals surface area contributed by atoms with E-state index < -0.39 is 10.7 Å². The second-order valence-corrected chi connectivity index (χ2v) is 6.06. The smallest absolute Gasteiger partial charge is 0.272 e. The molecule has 1 aliphatic heterocycles. The first-order chi connectivity index (χ1) is 10.0. The molecule has 1 saturated heterocycles. The molecule has 4 nitrogen and oxygen atoms in total. The number of nitro benzene ring substituents is 1. The third kappa shape index (κ3) is 3.34. The van der Waals surface area contributed by atoms with Crippen LogP contribution in [0.2, 0.25) is 0 Å². The third-order valence-electron chi connectivity index (χ3n) is 4.48. The van der Waals surface area contributed by atoms with Crippen molar-refractivity contribution in [3.05, 3.63) is 34.1 Å². The molecule has 0 saturated carbocycles. The van der Waals surface area contributed by atoms with E-state index in [1.807, 2.05) is 4.90 Å². The summed E-state index contributed by atoms with van der Waals surface area (Å²) in [4.78, 5) is 12.2. The van der Waals surface area contributed by atoms with Gasteiger partial charge in [0.05, 0.1) is 16.7 Å². The summed E-state index contributed by atoms with van der Waals surface area (Å²) in [7, 11) is 0. The van der Waals surface area contributed by atoms with Crippen molar-refractivity contribution in [1.82, 2.24) is 0 Å². The molecular formula is C16H23FN2O2. The highest BCUT2D eigenvalue weighted by molar-refractivity contribution is 5.53. The van der Waals surface area contributed by atoms with E-state index in [1.165, 1.54) is 6.07 Å². The van der Waals surface area contributed by atoms with Crippen molar-refractivity contribution in [3.63, 3.8) is 0 Å². The van der Waals surface area contributed by atoms with Crippen LogP contribution in [0.15, 0.2) is 18.2 Å². The predicted molar refractivity (Wildman–Crippen MR) is 82.1 cm³/mol. The van der Waals surface area contributed by atoms with Gasteiger partial charge in [0.25, 0.3) is 5.69 Å². The fourth-order valence-corrected chi connectivity index (χ4v) is 3.60. The summed E-state index contributed by atoms with van der Waals surface area (Å²) in [5.74, 6) is -0.493. The first-order valence-corrected chi connectivity index (χ1v) is 7.70. The van der Waals surface area contributed by atoms with E-state index in [0.29, 0.717) is 5.69 Å². The molecule has 1 aromatic rings. The Kier molecular flexibility index (Phi) is 4.80. The Labute approximate surface area is 125 Å². The van der Waals surface area contributed by atoms with Crippen LogP contribution in [0.4, 0.5) is 15.8 Å². The van der Waals surface area contributed by atoms with E-state index in [0.717, 1.165) is 51.3 Å². The molecule has 1 aromatic carbocycles. The lowest BCUT2D eigenvalue weighted by Gasteiger charge is -2.29. The Balaban J connectivity index is 2.18. The van der Waals surface area contributed by atoms with Crippen LogP contribution in [-0.2, 0) is 0 Å². The van der Waals surface area contributed by atoms with Gasteiger partial charge in [-0.05, 0) is 30.7 Å². The van der Waals surface area contributed by atoms with Crippen LogP contribution >= 0.6 is 0 Å². The maximum atomic E-state index is 14.1. The Morgan fingerprint density at radius 2 is 2.00 bits per heavy atom. The van der Waals surface area contributed by atoms with Gasteiger partial charge in [0.1, 0.15) is 0 Å². The van der Waals surface area contributed by atoms with Gasteiger partial charge in [-0.15, -0.1) is 0 Å². The van der Waals surface area contributed by atoms with Gasteiger partial charge in [-0.2, -0.15) is 0 Å². The number of hydrogen-bond acceptors (Lipinski definition) is 3. The molecule has 0 radical (unpaired) electrons. The molecular weight excluding hydrogens is 271 g/mol. The quantitative estimate of drug-likeness (QED) is 0.572. The number of nitrogens with zero attached hydrogens (tertiary/aromatic N) is 2. The van der Waals surface area contributed by atoms with Gasteiger partial charge < -0.3 is 4.90 Å². The summed E-state index contributed by atoms with van der Waals surface area (Å²) >= 11 is 0. The summed E-state index contributed by atoms with van der Waals surface area (Å²) in [6.45, 7) is 6.05. The minimum absolute atomic E-state index is 0.191. The van der Waals surface area contributed by atoms with Gasteiger partial charge in [0.15, 0.2) is 5.82 Å². The van der Waals surface area contributed by atoms with Crippen molar-refractivity contribution in [2.45, 2.75) is 46.0 Å². The SMILES string of the molecule is CCCC1(CCC)CCN(c2ccc([N+](=O)[O-])cc2F)C1. The second kappa shape index (κ2) is 6.41. The lowest BCUT2D eigenvalue weighted by molar-refractivity contribution is -0.385. The first-order valence-electron chi connectivity index (χ1n) is 7.70. The zero-order chi connectivity index (χ0) is 15.5. The summed E-state index contributed by atoms with van der Waals surface area (Å²) in [5, 5.41) is 10.7. The van der Waals surface area contributed by atoms with Crippen molar-refractivity contribution < 1.29 is 9.31 Å². The largest absolute Gasteiger partial charge is 0.369 e. The minimum atomic E-state index is -0.560. The van der Waals surface area contributed by atoms with E-state index in [4.69, 9.17) is 0 Å². The molecule has 0 aliphatic carbocycles. The fourth-order valence-electron chi connectivity index (χ4n) is 3.60. The van der Waals surface area contributed by atoms with Crippen LogP contribution in [-0.4, -0.2) is 18.0 Å². The van der Waals surface area contributed by atoms with Crippen LogP contribution < -0.4 is 4.90 Å². The third-order valence-corrected chi connectivity index (χ3v) is 4.48. The molecule has 0 unspecified atom stereocenters. The monoisotopic (exact) mass is 294 g/mol. The van der Waals surface area contributed by atoms with Gasteiger partial charge in [-0.25, -0.2) is 4.39 Å². The van der Waals surface area contributed by atoms with Crippen LogP contribution in [0.5, 0.6) is 0 Å². The highest BCUT2D eigenvalue weighted by Gasteiger charge is 2.37. The van der Waals surface area contributed by atoms with E-state index >= 15 is 0 Å². The maximum absolute atomic E-state index is 14.1. The summed E-state index contributed by atoms with van der Waals surface area (Å²) in [5.41, 5.74) is 0.580. The molecule has 0 aromatic heterocycles. The van der Waals surface area contributed by atoms with E-state index in [-0.39, 0.29) is 11.1 Å². The molecule has 0 atom stereocenters. The maximum Gasteiger partial charge on any atom is 0.272 e. The highest BCUT2D eigenvalue weighted by Crippen LogP contribution is 2.41. The van der Waals surface area contributed by atoms with Gasteiger partial charge in [-0.1, -0.05) is 26.7 Å². The van der Waals surface area contributed by atoms with Crippen LogP contribution in [0.3, 0.4) is 0 Å². The molecule has 0 N–H and O–H groups in total. The van der Waals surface area contributed by atoms with Crippen molar-refractivity contribution in [2.75, 3.05) is 18.0 Å². The normalized spacial score (nSPS) is 17.2. The zero-order valence-corrected chi connectivity index (χ0v) is 12.8. The van der Waals surface area contributed by atoms with Gasteiger partial charge in [-0.3, -0.25) is 10.1 Å². The number of hydrogen-bond donors (Lipinski definition) is 0. The fraction of sp³-hybridized carbons (Fsp3) is 0.625. The number of anilines is 1. The van der Waals surface area contributed by atoms with E-state index in [2.05, 4.69) is 13.8 Å². The van der Waals surface area contributed by atoms with Crippen molar-refractivity contribution in [1.29, 1.82) is 0 Å². The Bertz CT molecular complexity index is 513. The average molecular weight is 294 g/mol. The molecule has 0 spiro atoms.